The van der Waals surface area contributed by atoms with Crippen molar-refractivity contribution in [3.8, 4) is 0 Å². The minimum atomic E-state index is -0.520. The molecule has 1 aliphatic heterocycles. The van der Waals surface area contributed by atoms with Crippen molar-refractivity contribution in [1.82, 2.24) is 10.2 Å². The molecular formula is C20H20N2O4S. The summed E-state index contributed by atoms with van der Waals surface area (Å²) in [7, 11) is 0. The third-order valence-corrected chi connectivity index (χ3v) is 5.30. The summed E-state index contributed by atoms with van der Waals surface area (Å²) >= 11 is 1.49. The minimum Gasteiger partial charge on any atom is -0.460 e. The van der Waals surface area contributed by atoms with Gasteiger partial charge >= 0.3 is 5.97 Å². The highest BCUT2D eigenvalue weighted by molar-refractivity contribution is 8.00. The van der Waals surface area contributed by atoms with E-state index in [2.05, 4.69) is 5.32 Å². The van der Waals surface area contributed by atoms with Crippen molar-refractivity contribution < 1.29 is 19.1 Å². The highest BCUT2D eigenvalue weighted by Crippen LogP contribution is 2.38. The van der Waals surface area contributed by atoms with Crippen molar-refractivity contribution >= 4 is 29.5 Å². The van der Waals surface area contributed by atoms with E-state index in [1.54, 1.807) is 0 Å². The lowest BCUT2D eigenvalue weighted by Gasteiger charge is -2.23. The molecule has 1 aliphatic rings. The van der Waals surface area contributed by atoms with Gasteiger partial charge in [0.15, 0.2) is 0 Å². The summed E-state index contributed by atoms with van der Waals surface area (Å²) in [6.45, 7) is -0.152. The largest absolute Gasteiger partial charge is 0.460 e. The molecule has 0 radical (unpaired) electrons. The molecule has 0 spiro atoms. The van der Waals surface area contributed by atoms with Crippen LogP contribution in [0.15, 0.2) is 60.7 Å². The van der Waals surface area contributed by atoms with Crippen LogP contribution in [0.1, 0.15) is 16.5 Å². The zero-order chi connectivity index (χ0) is 19.1. The van der Waals surface area contributed by atoms with Gasteiger partial charge in [-0.1, -0.05) is 60.7 Å². The molecule has 27 heavy (non-hydrogen) atoms. The summed E-state index contributed by atoms with van der Waals surface area (Å²) in [6.07, 6.45) is 0. The maximum Gasteiger partial charge on any atom is 0.325 e. The molecule has 140 valence electrons. The predicted molar refractivity (Wildman–Crippen MR) is 103 cm³/mol. The van der Waals surface area contributed by atoms with Crippen LogP contribution in [-0.4, -0.2) is 41.5 Å². The number of nitrogens with one attached hydrogen (secondary N) is 1. The lowest BCUT2D eigenvalue weighted by molar-refractivity contribution is -0.145. The zero-order valence-electron chi connectivity index (χ0n) is 14.7. The number of amides is 2. The molecule has 1 unspecified atom stereocenters. The smallest absolute Gasteiger partial charge is 0.325 e. The van der Waals surface area contributed by atoms with Crippen molar-refractivity contribution in [1.29, 1.82) is 0 Å². The van der Waals surface area contributed by atoms with Gasteiger partial charge in [-0.05, 0) is 11.1 Å². The Kier molecular flexibility index (Phi) is 6.49. The Morgan fingerprint density at radius 2 is 1.74 bits per heavy atom. The van der Waals surface area contributed by atoms with Crippen molar-refractivity contribution in [3.63, 3.8) is 0 Å². The second-order valence-electron chi connectivity index (χ2n) is 6.02. The molecule has 0 bridgehead atoms. The van der Waals surface area contributed by atoms with Crippen molar-refractivity contribution in [2.75, 3.05) is 18.8 Å². The van der Waals surface area contributed by atoms with E-state index in [0.29, 0.717) is 5.75 Å². The summed E-state index contributed by atoms with van der Waals surface area (Å²) < 4.78 is 5.12. The van der Waals surface area contributed by atoms with Crippen LogP contribution in [0.3, 0.4) is 0 Å². The summed E-state index contributed by atoms with van der Waals surface area (Å²) in [5.74, 6) is -0.653. The molecule has 1 saturated heterocycles. The molecule has 2 aromatic carbocycles. The zero-order valence-corrected chi connectivity index (χ0v) is 15.5. The van der Waals surface area contributed by atoms with Gasteiger partial charge in [0.25, 0.3) is 0 Å². The lowest BCUT2D eigenvalue weighted by Crippen LogP contribution is -2.41. The van der Waals surface area contributed by atoms with Crippen LogP contribution in [-0.2, 0) is 25.7 Å². The van der Waals surface area contributed by atoms with Crippen LogP contribution in [0.4, 0.5) is 0 Å². The topological polar surface area (TPSA) is 75.7 Å². The number of benzene rings is 2. The number of nitrogens with zero attached hydrogens (tertiary/aromatic N) is 1. The Morgan fingerprint density at radius 3 is 2.44 bits per heavy atom. The fraction of sp³-hybridized carbons (Fsp3) is 0.250. The van der Waals surface area contributed by atoms with Crippen LogP contribution in [0.25, 0.3) is 0 Å². The molecule has 2 amide bonds. The first-order valence-corrected chi connectivity index (χ1v) is 9.60. The molecule has 1 N–H and O–H groups in total. The Morgan fingerprint density at radius 1 is 1.07 bits per heavy atom. The van der Waals surface area contributed by atoms with Crippen LogP contribution < -0.4 is 5.32 Å². The number of carbonyl (C=O) groups is 3. The van der Waals surface area contributed by atoms with Gasteiger partial charge in [0.1, 0.15) is 25.1 Å². The Labute approximate surface area is 161 Å². The molecule has 0 aliphatic carbocycles. The van der Waals surface area contributed by atoms with Crippen LogP contribution >= 0.6 is 11.8 Å². The lowest BCUT2D eigenvalue weighted by atomic mass is 10.2. The first-order valence-electron chi connectivity index (χ1n) is 8.56. The molecule has 1 heterocycles. The number of thioether (sulfide) groups is 1. The van der Waals surface area contributed by atoms with Gasteiger partial charge in [0.05, 0.1) is 5.75 Å². The molecule has 3 rings (SSSR count). The van der Waals surface area contributed by atoms with Gasteiger partial charge in [0, 0.05) is 0 Å². The van der Waals surface area contributed by atoms with Crippen molar-refractivity contribution in [2.24, 2.45) is 0 Å². The Hall–Kier alpha value is -2.80. The number of rotatable bonds is 7. The highest BCUT2D eigenvalue weighted by Gasteiger charge is 2.33. The van der Waals surface area contributed by atoms with Crippen LogP contribution in [0, 0.1) is 0 Å². The van der Waals surface area contributed by atoms with Gasteiger partial charge in [-0.15, -0.1) is 11.8 Å². The molecule has 1 atom stereocenters. The van der Waals surface area contributed by atoms with Crippen molar-refractivity contribution in [3.05, 3.63) is 71.8 Å². The molecule has 0 aromatic heterocycles. The monoisotopic (exact) mass is 384 g/mol. The quantitative estimate of drug-likeness (QED) is 0.740. The van der Waals surface area contributed by atoms with Crippen molar-refractivity contribution in [2.45, 2.75) is 12.0 Å². The third kappa shape index (κ3) is 5.34. The SMILES string of the molecule is O=C(CN1C(=O)CSC1c1ccccc1)NCC(=O)OCc1ccccc1. The highest BCUT2D eigenvalue weighted by atomic mass is 32.2. The van der Waals surface area contributed by atoms with E-state index >= 15 is 0 Å². The van der Waals surface area contributed by atoms with Gasteiger partial charge in [0.2, 0.25) is 11.8 Å². The average Bonchev–Trinajstić information content (AvgIpc) is 3.06. The van der Waals surface area contributed by atoms with Gasteiger partial charge < -0.3 is 15.0 Å². The molecule has 2 aromatic rings. The van der Waals surface area contributed by atoms with Crippen LogP contribution in [0.2, 0.25) is 0 Å². The van der Waals surface area contributed by atoms with E-state index in [1.807, 2.05) is 60.7 Å². The van der Waals surface area contributed by atoms with Crippen LogP contribution in [0.5, 0.6) is 0 Å². The Balaban J connectivity index is 1.46. The molecule has 7 heteroatoms. The maximum absolute atomic E-state index is 12.2. The van der Waals surface area contributed by atoms with E-state index in [4.69, 9.17) is 4.74 Å². The predicted octanol–water partition coefficient (Wildman–Crippen LogP) is 2.12. The van der Waals surface area contributed by atoms with E-state index in [9.17, 15) is 14.4 Å². The molecule has 1 fully saturated rings. The first-order chi connectivity index (χ1) is 13.1. The summed E-state index contributed by atoms with van der Waals surface area (Å²) in [5, 5.41) is 2.34. The second-order valence-corrected chi connectivity index (χ2v) is 7.09. The summed E-state index contributed by atoms with van der Waals surface area (Å²) in [4.78, 5) is 37.6. The standard InChI is InChI=1S/C20H20N2O4S/c23-17(21-11-19(25)26-13-15-7-3-1-4-8-15)12-22-18(24)14-27-20(22)16-9-5-2-6-10-16/h1-10,20H,11-14H2,(H,21,23). The first kappa shape index (κ1) is 19.0. The van der Waals surface area contributed by atoms with Gasteiger partial charge in [-0.25, -0.2) is 0 Å². The number of ether oxygens (including phenoxy) is 1. The fourth-order valence-electron chi connectivity index (χ4n) is 2.69. The average molecular weight is 384 g/mol. The number of carbonyl (C=O) groups excluding carboxylic acids is 3. The van der Waals surface area contributed by atoms with E-state index < -0.39 is 5.97 Å². The fourth-order valence-corrected chi connectivity index (χ4v) is 3.88. The summed E-state index contributed by atoms with van der Waals surface area (Å²) in [6, 6.07) is 18.9. The number of esters is 1. The second kappa shape index (κ2) is 9.23. The molecule has 6 nitrogen and oxygen atoms in total. The van der Waals surface area contributed by atoms with E-state index in [-0.39, 0.29) is 36.9 Å². The third-order valence-electron chi connectivity index (χ3n) is 4.04. The van der Waals surface area contributed by atoms with E-state index in [1.165, 1.54) is 16.7 Å². The van der Waals surface area contributed by atoms with Gasteiger partial charge in [-0.3, -0.25) is 14.4 Å². The molecule has 0 saturated carbocycles. The normalized spacial score (nSPS) is 16.2. The number of hydrogen-bond acceptors (Lipinski definition) is 5. The molecular weight excluding hydrogens is 364 g/mol. The number of hydrogen-bond donors (Lipinski definition) is 1. The van der Waals surface area contributed by atoms with E-state index in [0.717, 1.165) is 11.1 Å². The summed E-state index contributed by atoms with van der Waals surface area (Å²) in [5.41, 5.74) is 1.85. The Bertz CT molecular complexity index is 798. The maximum atomic E-state index is 12.2. The minimum absolute atomic E-state index is 0.0860. The van der Waals surface area contributed by atoms with Gasteiger partial charge in [-0.2, -0.15) is 0 Å².